The highest BCUT2D eigenvalue weighted by Gasteiger charge is 2.12. The van der Waals surface area contributed by atoms with Crippen LogP contribution in [0.1, 0.15) is 11.7 Å². The lowest BCUT2D eigenvalue weighted by atomic mass is 10.0. The van der Waals surface area contributed by atoms with Gasteiger partial charge >= 0.3 is 0 Å². The molecule has 2 aromatic carbocycles. The minimum Gasteiger partial charge on any atom is -0.211 e. The second-order valence-corrected chi connectivity index (χ2v) is 4.34. The van der Waals surface area contributed by atoms with E-state index in [9.17, 15) is 9.59 Å². The van der Waals surface area contributed by atoms with Crippen molar-refractivity contribution in [2.75, 3.05) is 0 Å². The smallest absolute Gasteiger partial charge is 0.211 e. The molecule has 100 valence electrons. The van der Waals surface area contributed by atoms with Gasteiger partial charge in [-0.3, -0.25) is 0 Å². The summed E-state index contributed by atoms with van der Waals surface area (Å²) in [6.07, 6.45) is 1.90. The predicted octanol–water partition coefficient (Wildman–Crippen LogP) is 3.75. The topological polar surface area (TPSA) is 83.6 Å². The van der Waals surface area contributed by atoms with Crippen LogP contribution in [0.4, 0.5) is 11.4 Å². The minimum absolute atomic E-state index is 0.611. The van der Waals surface area contributed by atoms with E-state index in [0.717, 1.165) is 22.5 Å². The van der Waals surface area contributed by atoms with E-state index in [-0.39, 0.29) is 0 Å². The maximum Gasteiger partial charge on any atom is 0.237 e. The SMILES string of the molecule is O=C=NC(N=C=O)c1ccc(-c2ccc3cc2N=N3)cc1. The van der Waals surface area contributed by atoms with Crippen LogP contribution in [-0.4, -0.2) is 12.2 Å². The number of isocyanates is 2. The van der Waals surface area contributed by atoms with Crippen molar-refractivity contribution in [3.63, 3.8) is 0 Å². The van der Waals surface area contributed by atoms with Crippen molar-refractivity contribution < 1.29 is 9.59 Å². The Morgan fingerprint density at radius 2 is 1.62 bits per heavy atom. The number of azo groups is 1. The summed E-state index contributed by atoms with van der Waals surface area (Å²) in [5, 5.41) is 8.08. The van der Waals surface area contributed by atoms with Crippen LogP contribution in [0.25, 0.3) is 11.1 Å². The molecule has 1 aliphatic heterocycles. The molecule has 0 N–H and O–H groups in total. The van der Waals surface area contributed by atoms with Crippen molar-refractivity contribution in [3.05, 3.63) is 48.0 Å². The van der Waals surface area contributed by atoms with Gasteiger partial charge < -0.3 is 0 Å². The second-order valence-electron chi connectivity index (χ2n) is 4.34. The lowest BCUT2D eigenvalue weighted by Crippen LogP contribution is -1.91. The molecule has 0 atom stereocenters. The lowest BCUT2D eigenvalue weighted by Gasteiger charge is -2.06. The Kier molecular flexibility index (Phi) is 3.31. The van der Waals surface area contributed by atoms with Crippen LogP contribution in [0.15, 0.2) is 62.7 Å². The third-order valence-corrected chi connectivity index (χ3v) is 3.12. The fourth-order valence-electron chi connectivity index (χ4n) is 2.13. The van der Waals surface area contributed by atoms with E-state index in [0.29, 0.717) is 5.56 Å². The van der Waals surface area contributed by atoms with E-state index in [1.54, 1.807) is 12.1 Å². The first-order valence-corrected chi connectivity index (χ1v) is 6.12. The second kappa shape index (κ2) is 5.43. The van der Waals surface area contributed by atoms with Gasteiger partial charge in [-0.15, -0.1) is 5.11 Å². The molecule has 0 fully saturated rings. The van der Waals surface area contributed by atoms with Crippen molar-refractivity contribution in [1.82, 2.24) is 0 Å². The highest BCUT2D eigenvalue weighted by Crippen LogP contribution is 2.39. The van der Waals surface area contributed by atoms with Crippen molar-refractivity contribution in [1.29, 1.82) is 0 Å². The summed E-state index contributed by atoms with van der Waals surface area (Å²) in [5.41, 5.74) is 4.17. The Morgan fingerprint density at radius 1 is 0.905 bits per heavy atom. The number of hydrogen-bond acceptors (Lipinski definition) is 6. The number of aliphatic imine (C=N–C) groups is 2. The molecular weight excluding hydrogens is 268 g/mol. The van der Waals surface area contributed by atoms with Gasteiger partial charge in [0.2, 0.25) is 12.2 Å². The van der Waals surface area contributed by atoms with E-state index in [4.69, 9.17) is 0 Å². The van der Waals surface area contributed by atoms with Crippen LogP contribution in [0.3, 0.4) is 0 Å². The molecule has 0 radical (unpaired) electrons. The Labute approximate surface area is 119 Å². The predicted molar refractivity (Wildman–Crippen MR) is 75.0 cm³/mol. The zero-order valence-electron chi connectivity index (χ0n) is 10.7. The van der Waals surface area contributed by atoms with Crippen LogP contribution in [0, 0.1) is 0 Å². The van der Waals surface area contributed by atoms with Crippen molar-refractivity contribution in [3.8, 4) is 11.1 Å². The summed E-state index contributed by atoms with van der Waals surface area (Å²) in [6.45, 7) is 0. The van der Waals surface area contributed by atoms with Gasteiger partial charge in [-0.1, -0.05) is 24.3 Å². The molecule has 3 rings (SSSR count). The summed E-state index contributed by atoms with van der Waals surface area (Å²) in [4.78, 5) is 27.6. The molecule has 0 aliphatic carbocycles. The molecular formula is C15H8N4O2. The van der Waals surface area contributed by atoms with Gasteiger partial charge in [0.1, 0.15) is 0 Å². The van der Waals surface area contributed by atoms with Crippen molar-refractivity contribution >= 4 is 23.5 Å². The largest absolute Gasteiger partial charge is 0.237 e. The van der Waals surface area contributed by atoms with Gasteiger partial charge in [0.05, 0.1) is 11.4 Å². The third-order valence-electron chi connectivity index (χ3n) is 3.12. The van der Waals surface area contributed by atoms with E-state index in [1.807, 2.05) is 30.3 Å². The molecule has 0 amide bonds. The summed E-state index contributed by atoms with van der Waals surface area (Å²) in [5.74, 6) is 0. The van der Waals surface area contributed by atoms with Crippen LogP contribution < -0.4 is 0 Å². The maximum atomic E-state index is 10.3. The number of nitrogens with zero attached hydrogens (tertiary/aromatic N) is 4. The molecule has 6 nitrogen and oxygen atoms in total. The van der Waals surface area contributed by atoms with E-state index >= 15 is 0 Å². The Bertz CT molecular complexity index is 796. The highest BCUT2D eigenvalue weighted by molar-refractivity contribution is 5.79. The fraction of sp³-hybridized carbons (Fsp3) is 0.0667. The monoisotopic (exact) mass is 276 g/mol. The van der Waals surface area contributed by atoms with E-state index in [2.05, 4.69) is 20.2 Å². The molecule has 6 heteroatoms. The summed E-state index contributed by atoms with van der Waals surface area (Å²) in [6, 6.07) is 12.9. The molecule has 2 aromatic rings. The van der Waals surface area contributed by atoms with Gasteiger partial charge in [-0.2, -0.15) is 15.1 Å². The first-order chi connectivity index (χ1) is 10.3. The van der Waals surface area contributed by atoms with Crippen LogP contribution >= 0.6 is 0 Å². The number of carbonyl (C=O) groups excluding carboxylic acids is 2. The minimum atomic E-state index is -0.897. The first kappa shape index (κ1) is 12.8. The van der Waals surface area contributed by atoms with Gasteiger partial charge in [-0.25, -0.2) is 9.59 Å². The zero-order chi connectivity index (χ0) is 14.7. The molecule has 0 saturated heterocycles. The van der Waals surface area contributed by atoms with Gasteiger partial charge in [0.15, 0.2) is 6.17 Å². The molecule has 1 heterocycles. The van der Waals surface area contributed by atoms with Crippen LogP contribution in [0.2, 0.25) is 0 Å². The average Bonchev–Trinajstić information content (AvgIpc) is 2.89. The van der Waals surface area contributed by atoms with Crippen molar-refractivity contribution in [2.45, 2.75) is 6.17 Å². The Balaban J connectivity index is 1.96. The maximum absolute atomic E-state index is 10.3. The molecule has 1 aliphatic rings. The summed E-state index contributed by atoms with van der Waals surface area (Å²) in [7, 11) is 0. The number of hydrogen-bond donors (Lipinski definition) is 0. The van der Waals surface area contributed by atoms with Crippen LogP contribution in [0.5, 0.6) is 0 Å². The first-order valence-electron chi connectivity index (χ1n) is 6.12. The van der Waals surface area contributed by atoms with Gasteiger partial charge in [0, 0.05) is 11.1 Å². The Morgan fingerprint density at radius 3 is 2.29 bits per heavy atom. The normalized spacial score (nSPS) is 12.4. The van der Waals surface area contributed by atoms with E-state index < -0.39 is 6.17 Å². The molecule has 0 spiro atoms. The zero-order valence-corrected chi connectivity index (χ0v) is 10.7. The fourth-order valence-corrected chi connectivity index (χ4v) is 2.13. The molecule has 21 heavy (non-hydrogen) atoms. The van der Waals surface area contributed by atoms with Gasteiger partial charge in [0.25, 0.3) is 0 Å². The standard InChI is InChI=1S/C15H8N4O2/c20-8-16-15(17-9-21)11-3-1-10(2-4-11)13-6-5-12-7-14(13)19-18-12/h1-7,15H. The summed E-state index contributed by atoms with van der Waals surface area (Å²) >= 11 is 0. The molecule has 0 aromatic heterocycles. The Hall–Kier alpha value is -3.20. The molecule has 2 bridgehead atoms. The van der Waals surface area contributed by atoms with Crippen molar-refractivity contribution in [2.24, 2.45) is 20.2 Å². The van der Waals surface area contributed by atoms with Crippen LogP contribution in [-0.2, 0) is 9.59 Å². The number of benzene rings is 2. The molecule has 0 unspecified atom stereocenters. The quantitative estimate of drug-likeness (QED) is 0.537. The lowest BCUT2D eigenvalue weighted by molar-refractivity contribution is 0.552. The number of fused-ring (bicyclic) bond motifs is 2. The van der Waals surface area contributed by atoms with E-state index in [1.165, 1.54) is 12.2 Å². The third kappa shape index (κ3) is 2.44. The average molecular weight is 276 g/mol. The molecule has 0 saturated carbocycles. The highest BCUT2D eigenvalue weighted by atomic mass is 16.1. The number of rotatable bonds is 4. The summed E-state index contributed by atoms with van der Waals surface area (Å²) < 4.78 is 0. The van der Waals surface area contributed by atoms with Gasteiger partial charge in [-0.05, 0) is 23.8 Å².